The number of nitrogens with zero attached hydrogens (tertiary/aromatic N) is 1. The van der Waals surface area contributed by atoms with Gasteiger partial charge in [0.1, 0.15) is 0 Å². The summed E-state index contributed by atoms with van der Waals surface area (Å²) in [6.45, 7) is 7.58. The van der Waals surface area contributed by atoms with Gasteiger partial charge in [-0.1, -0.05) is 12.2 Å². The summed E-state index contributed by atoms with van der Waals surface area (Å²) in [6, 6.07) is 1.55. The van der Waals surface area contributed by atoms with Crippen LogP contribution in [0.5, 0.6) is 5.75 Å². The lowest BCUT2D eigenvalue weighted by molar-refractivity contribution is -0.142. The fourth-order valence-electron chi connectivity index (χ4n) is 1.75. The summed E-state index contributed by atoms with van der Waals surface area (Å²) < 4.78 is 31.9. The molecule has 7 heteroatoms. The number of anilines is 1. The SMILES string of the molecule is C=C(C)CN(CC)C(=O)C(=O)Nc1cc(F)c(OC)cc1F. The number of rotatable bonds is 5. The fourth-order valence-corrected chi connectivity index (χ4v) is 1.75. The topological polar surface area (TPSA) is 58.6 Å². The number of carbonyl (C=O) groups excluding carboxylic acids is 2. The van der Waals surface area contributed by atoms with E-state index in [2.05, 4.69) is 16.6 Å². The summed E-state index contributed by atoms with van der Waals surface area (Å²) in [5.41, 5.74) is 0.271. The van der Waals surface area contributed by atoms with Crippen LogP contribution in [0.3, 0.4) is 0 Å². The van der Waals surface area contributed by atoms with E-state index in [9.17, 15) is 18.4 Å². The summed E-state index contributed by atoms with van der Waals surface area (Å²) in [7, 11) is 1.19. The first-order valence-corrected chi connectivity index (χ1v) is 6.57. The van der Waals surface area contributed by atoms with Crippen LogP contribution in [0, 0.1) is 11.6 Å². The van der Waals surface area contributed by atoms with Crippen LogP contribution in [-0.2, 0) is 9.59 Å². The third-order valence-electron chi connectivity index (χ3n) is 2.81. The van der Waals surface area contributed by atoms with Crippen LogP contribution in [0.25, 0.3) is 0 Å². The highest BCUT2D eigenvalue weighted by atomic mass is 19.1. The van der Waals surface area contributed by atoms with Crippen molar-refractivity contribution in [1.29, 1.82) is 0 Å². The number of benzene rings is 1. The minimum Gasteiger partial charge on any atom is -0.494 e. The molecule has 0 bridgehead atoms. The summed E-state index contributed by atoms with van der Waals surface area (Å²) in [5.74, 6) is -3.93. The lowest BCUT2D eigenvalue weighted by Gasteiger charge is -2.20. The first-order valence-electron chi connectivity index (χ1n) is 6.57. The second-order valence-corrected chi connectivity index (χ2v) is 4.70. The molecule has 1 aromatic rings. The molecule has 0 spiro atoms. The molecule has 0 fully saturated rings. The quantitative estimate of drug-likeness (QED) is 0.670. The van der Waals surface area contributed by atoms with E-state index in [1.807, 2.05) is 0 Å². The van der Waals surface area contributed by atoms with Crippen molar-refractivity contribution in [3.05, 3.63) is 35.9 Å². The average molecular weight is 312 g/mol. The van der Waals surface area contributed by atoms with Gasteiger partial charge >= 0.3 is 11.8 Å². The zero-order valence-corrected chi connectivity index (χ0v) is 12.7. The highest BCUT2D eigenvalue weighted by Crippen LogP contribution is 2.24. The Hall–Kier alpha value is -2.44. The Morgan fingerprint density at radius 3 is 2.45 bits per heavy atom. The van der Waals surface area contributed by atoms with Gasteiger partial charge in [-0.15, -0.1) is 0 Å². The van der Waals surface area contributed by atoms with E-state index in [1.54, 1.807) is 13.8 Å². The Bertz CT molecular complexity index is 603. The Morgan fingerprint density at radius 1 is 1.32 bits per heavy atom. The maximum absolute atomic E-state index is 13.7. The minimum atomic E-state index is -1.05. The molecule has 0 aliphatic heterocycles. The number of likely N-dealkylation sites (N-methyl/N-ethyl adjacent to an activating group) is 1. The Labute approximate surface area is 127 Å². The normalized spacial score (nSPS) is 10.0. The first-order chi connectivity index (χ1) is 10.3. The number of ether oxygens (including phenoxy) is 1. The van der Waals surface area contributed by atoms with Crippen molar-refractivity contribution in [1.82, 2.24) is 4.90 Å². The van der Waals surface area contributed by atoms with Crippen LogP contribution >= 0.6 is 0 Å². The molecule has 120 valence electrons. The fraction of sp³-hybridized carbons (Fsp3) is 0.333. The number of amides is 2. The van der Waals surface area contributed by atoms with Gasteiger partial charge in [-0.25, -0.2) is 8.78 Å². The average Bonchev–Trinajstić information content (AvgIpc) is 2.47. The van der Waals surface area contributed by atoms with Crippen molar-refractivity contribution in [3.8, 4) is 5.75 Å². The summed E-state index contributed by atoms with van der Waals surface area (Å²) in [6.07, 6.45) is 0. The summed E-state index contributed by atoms with van der Waals surface area (Å²) in [4.78, 5) is 25.1. The Kier molecular flexibility index (Phi) is 6.03. The molecular weight excluding hydrogens is 294 g/mol. The van der Waals surface area contributed by atoms with Gasteiger partial charge in [0.25, 0.3) is 0 Å². The predicted molar refractivity (Wildman–Crippen MR) is 78.6 cm³/mol. The van der Waals surface area contributed by atoms with Crippen molar-refractivity contribution in [3.63, 3.8) is 0 Å². The van der Waals surface area contributed by atoms with Gasteiger partial charge in [0.15, 0.2) is 17.4 Å². The molecule has 0 unspecified atom stereocenters. The van der Waals surface area contributed by atoms with E-state index in [4.69, 9.17) is 0 Å². The maximum atomic E-state index is 13.7. The van der Waals surface area contributed by atoms with Crippen LogP contribution in [0.2, 0.25) is 0 Å². The van der Waals surface area contributed by atoms with Gasteiger partial charge in [0, 0.05) is 25.2 Å². The van der Waals surface area contributed by atoms with Gasteiger partial charge in [-0.2, -0.15) is 0 Å². The first kappa shape index (κ1) is 17.6. The van der Waals surface area contributed by atoms with Crippen molar-refractivity contribution in [2.24, 2.45) is 0 Å². The second-order valence-electron chi connectivity index (χ2n) is 4.70. The van der Waals surface area contributed by atoms with Gasteiger partial charge < -0.3 is 15.0 Å². The number of halogens is 2. The summed E-state index contributed by atoms with van der Waals surface area (Å²) >= 11 is 0. The molecule has 0 saturated heterocycles. The highest BCUT2D eigenvalue weighted by molar-refractivity contribution is 6.39. The molecule has 0 heterocycles. The number of nitrogens with one attached hydrogen (secondary N) is 1. The van der Waals surface area contributed by atoms with E-state index in [0.717, 1.165) is 12.1 Å². The molecule has 0 radical (unpaired) electrons. The molecule has 0 atom stereocenters. The smallest absolute Gasteiger partial charge is 0.313 e. The van der Waals surface area contributed by atoms with Crippen molar-refractivity contribution in [2.45, 2.75) is 13.8 Å². The maximum Gasteiger partial charge on any atom is 0.313 e. The third kappa shape index (κ3) is 4.28. The molecule has 22 heavy (non-hydrogen) atoms. The third-order valence-corrected chi connectivity index (χ3v) is 2.81. The zero-order valence-electron chi connectivity index (χ0n) is 12.7. The van der Waals surface area contributed by atoms with E-state index in [-0.39, 0.29) is 12.3 Å². The molecule has 0 aromatic heterocycles. The monoisotopic (exact) mass is 312 g/mol. The number of hydrogen-bond acceptors (Lipinski definition) is 3. The lowest BCUT2D eigenvalue weighted by Crippen LogP contribution is -2.40. The van der Waals surface area contributed by atoms with E-state index >= 15 is 0 Å². The highest BCUT2D eigenvalue weighted by Gasteiger charge is 2.22. The standard InChI is InChI=1S/C15H18F2N2O3/c1-5-19(8-9(2)3)15(21)14(20)18-12-6-11(17)13(22-4)7-10(12)16/h6-7H,2,5,8H2,1,3-4H3,(H,18,20). The number of hydrogen-bond donors (Lipinski definition) is 1. The predicted octanol–water partition coefficient (Wildman–Crippen LogP) is 2.34. The van der Waals surface area contributed by atoms with Crippen molar-refractivity contribution in [2.75, 3.05) is 25.5 Å². The molecule has 2 amide bonds. The molecule has 0 saturated carbocycles. The molecule has 1 rings (SSSR count). The van der Waals surface area contributed by atoms with Gasteiger partial charge in [-0.05, 0) is 13.8 Å². The summed E-state index contributed by atoms with van der Waals surface area (Å²) in [5, 5.41) is 2.06. The Balaban J connectivity index is 2.90. The van der Waals surface area contributed by atoms with E-state index in [0.29, 0.717) is 12.1 Å². The van der Waals surface area contributed by atoms with E-state index < -0.39 is 29.1 Å². The van der Waals surface area contributed by atoms with Gasteiger partial charge in [0.2, 0.25) is 0 Å². The molecule has 0 aliphatic rings. The number of carbonyl (C=O) groups is 2. The minimum absolute atomic E-state index is 0.211. The van der Waals surface area contributed by atoms with Crippen LogP contribution < -0.4 is 10.1 Å². The van der Waals surface area contributed by atoms with Crippen molar-refractivity contribution < 1.29 is 23.1 Å². The van der Waals surface area contributed by atoms with Gasteiger partial charge in [-0.3, -0.25) is 9.59 Å². The molecule has 1 aromatic carbocycles. The largest absolute Gasteiger partial charge is 0.494 e. The van der Waals surface area contributed by atoms with Crippen LogP contribution in [0.4, 0.5) is 14.5 Å². The molecule has 1 N–H and O–H groups in total. The van der Waals surface area contributed by atoms with Crippen molar-refractivity contribution >= 4 is 17.5 Å². The van der Waals surface area contributed by atoms with Crippen LogP contribution in [0.15, 0.2) is 24.3 Å². The van der Waals surface area contributed by atoms with E-state index in [1.165, 1.54) is 12.0 Å². The molecule has 0 aliphatic carbocycles. The van der Waals surface area contributed by atoms with Crippen LogP contribution in [0.1, 0.15) is 13.8 Å². The molecule has 5 nitrogen and oxygen atoms in total. The van der Waals surface area contributed by atoms with Crippen LogP contribution in [-0.4, -0.2) is 36.9 Å². The second kappa shape index (κ2) is 7.53. The van der Waals surface area contributed by atoms with Gasteiger partial charge in [0.05, 0.1) is 12.8 Å². The zero-order chi connectivity index (χ0) is 16.9. The molecular formula is C15H18F2N2O3. The Morgan fingerprint density at radius 2 is 1.95 bits per heavy atom. The number of methoxy groups -OCH3 is 1. The lowest BCUT2D eigenvalue weighted by atomic mass is 10.2.